The van der Waals surface area contributed by atoms with E-state index in [9.17, 15) is 9.90 Å². The van der Waals surface area contributed by atoms with Crippen LogP contribution in [0.25, 0.3) is 10.9 Å². The SMILES string of the molecule is COc1ccc2nccc([C@@H](F)CCC3CCN(CC#Cc4ccnnc4)CC3CCC(=O)O)c2c1. The van der Waals surface area contributed by atoms with Crippen molar-refractivity contribution in [1.29, 1.82) is 0 Å². The number of nitrogens with zero attached hydrogens (tertiary/aromatic N) is 4. The van der Waals surface area contributed by atoms with Gasteiger partial charge in [-0.1, -0.05) is 11.8 Å². The third-order valence-electron chi connectivity index (χ3n) is 6.93. The summed E-state index contributed by atoms with van der Waals surface area (Å²) in [5, 5.41) is 17.6. The Balaban J connectivity index is 1.39. The zero-order valence-electron chi connectivity index (χ0n) is 20.4. The van der Waals surface area contributed by atoms with Gasteiger partial charge in [-0.15, -0.1) is 0 Å². The van der Waals surface area contributed by atoms with Crippen LogP contribution in [0.5, 0.6) is 5.75 Å². The number of likely N-dealkylation sites (tertiary alicyclic amines) is 1. The van der Waals surface area contributed by atoms with Gasteiger partial charge < -0.3 is 9.84 Å². The number of carboxylic acids is 1. The van der Waals surface area contributed by atoms with Crippen molar-refractivity contribution in [3.05, 3.63) is 60.0 Å². The van der Waals surface area contributed by atoms with E-state index in [-0.39, 0.29) is 18.3 Å². The number of carboxylic acid groups (broad SMARTS) is 1. The zero-order chi connectivity index (χ0) is 25.3. The number of fused-ring (bicyclic) bond motifs is 1. The number of aromatic nitrogens is 3. The van der Waals surface area contributed by atoms with Gasteiger partial charge in [0, 0.05) is 30.1 Å². The molecule has 0 bridgehead atoms. The van der Waals surface area contributed by atoms with Crippen molar-refractivity contribution in [3.63, 3.8) is 0 Å². The minimum absolute atomic E-state index is 0.122. The smallest absolute Gasteiger partial charge is 0.303 e. The monoisotopic (exact) mass is 490 g/mol. The van der Waals surface area contributed by atoms with Crippen LogP contribution in [0.1, 0.15) is 49.4 Å². The molecule has 3 heterocycles. The second-order valence-corrected chi connectivity index (χ2v) is 9.24. The Kier molecular flexibility index (Phi) is 8.80. The van der Waals surface area contributed by atoms with E-state index in [4.69, 9.17) is 4.74 Å². The van der Waals surface area contributed by atoms with Gasteiger partial charge in [0.2, 0.25) is 0 Å². The molecule has 0 aliphatic carbocycles. The van der Waals surface area contributed by atoms with Crippen LogP contribution in [0, 0.1) is 23.7 Å². The molecule has 1 aromatic carbocycles. The second kappa shape index (κ2) is 12.4. The van der Waals surface area contributed by atoms with E-state index in [1.807, 2.05) is 24.3 Å². The molecule has 0 saturated carbocycles. The average Bonchev–Trinajstić information content (AvgIpc) is 2.91. The number of methoxy groups -OCH3 is 1. The highest BCUT2D eigenvalue weighted by Crippen LogP contribution is 2.36. The van der Waals surface area contributed by atoms with Crippen LogP contribution in [-0.2, 0) is 4.79 Å². The van der Waals surface area contributed by atoms with Crippen LogP contribution in [-0.4, -0.2) is 57.9 Å². The Labute approximate surface area is 210 Å². The van der Waals surface area contributed by atoms with E-state index in [2.05, 4.69) is 31.9 Å². The van der Waals surface area contributed by atoms with E-state index >= 15 is 4.39 Å². The molecule has 4 rings (SSSR count). The molecule has 2 unspecified atom stereocenters. The number of rotatable bonds is 9. The van der Waals surface area contributed by atoms with Crippen molar-refractivity contribution >= 4 is 16.9 Å². The van der Waals surface area contributed by atoms with Gasteiger partial charge in [-0.3, -0.25) is 14.7 Å². The fourth-order valence-electron chi connectivity index (χ4n) is 5.00. The van der Waals surface area contributed by atoms with Crippen LogP contribution >= 0.6 is 0 Å². The summed E-state index contributed by atoms with van der Waals surface area (Å²) in [7, 11) is 1.59. The summed E-state index contributed by atoms with van der Waals surface area (Å²) in [4.78, 5) is 17.9. The highest BCUT2D eigenvalue weighted by molar-refractivity contribution is 5.83. The van der Waals surface area contributed by atoms with Crippen LogP contribution in [0.15, 0.2) is 48.9 Å². The first kappa shape index (κ1) is 25.5. The van der Waals surface area contributed by atoms with Gasteiger partial charge in [0.1, 0.15) is 11.9 Å². The topological polar surface area (TPSA) is 88.4 Å². The molecule has 1 aliphatic heterocycles. The highest BCUT2D eigenvalue weighted by atomic mass is 19.1. The van der Waals surface area contributed by atoms with Crippen LogP contribution in [0.2, 0.25) is 0 Å². The average molecular weight is 491 g/mol. The van der Waals surface area contributed by atoms with Gasteiger partial charge in [0.25, 0.3) is 0 Å². The molecule has 1 saturated heterocycles. The maximum atomic E-state index is 15.5. The molecular weight excluding hydrogens is 459 g/mol. The Morgan fingerprint density at radius 1 is 1.22 bits per heavy atom. The molecule has 3 aromatic rings. The number of alkyl halides is 1. The molecule has 2 aromatic heterocycles. The maximum Gasteiger partial charge on any atom is 0.303 e. The van der Waals surface area contributed by atoms with E-state index in [1.54, 1.807) is 31.8 Å². The number of benzene rings is 1. The predicted molar refractivity (Wildman–Crippen MR) is 135 cm³/mol. The second-order valence-electron chi connectivity index (χ2n) is 9.24. The molecule has 1 N–H and O–H groups in total. The largest absolute Gasteiger partial charge is 0.497 e. The molecule has 0 radical (unpaired) electrons. The van der Waals surface area contributed by atoms with Crippen molar-refractivity contribution in [2.75, 3.05) is 26.7 Å². The quantitative estimate of drug-likeness (QED) is 0.436. The van der Waals surface area contributed by atoms with Gasteiger partial charge in [-0.05, 0) is 80.0 Å². The van der Waals surface area contributed by atoms with Crippen molar-refractivity contribution in [1.82, 2.24) is 20.1 Å². The number of hydrogen-bond donors (Lipinski definition) is 1. The molecule has 1 aliphatic rings. The summed E-state index contributed by atoms with van der Waals surface area (Å²) >= 11 is 0. The lowest BCUT2D eigenvalue weighted by molar-refractivity contribution is -0.137. The van der Waals surface area contributed by atoms with Gasteiger partial charge >= 0.3 is 5.97 Å². The zero-order valence-corrected chi connectivity index (χ0v) is 20.4. The summed E-state index contributed by atoms with van der Waals surface area (Å²) in [6.07, 6.45) is 6.47. The van der Waals surface area contributed by atoms with Gasteiger partial charge in [0.05, 0.1) is 31.6 Å². The summed E-state index contributed by atoms with van der Waals surface area (Å²) < 4.78 is 20.8. The van der Waals surface area contributed by atoms with Crippen molar-refractivity contribution in [3.8, 4) is 17.6 Å². The fraction of sp³-hybridized carbons (Fsp3) is 0.429. The number of aliphatic carboxylic acids is 1. The van der Waals surface area contributed by atoms with Crippen molar-refractivity contribution in [2.24, 2.45) is 11.8 Å². The minimum atomic E-state index is -1.12. The van der Waals surface area contributed by atoms with Crippen LogP contribution in [0.3, 0.4) is 0 Å². The van der Waals surface area contributed by atoms with Crippen molar-refractivity contribution < 1.29 is 19.0 Å². The lowest BCUT2D eigenvalue weighted by Crippen LogP contribution is -2.41. The molecule has 0 amide bonds. The molecular formula is C28H31FN4O3. The minimum Gasteiger partial charge on any atom is -0.497 e. The van der Waals surface area contributed by atoms with Crippen LogP contribution in [0.4, 0.5) is 4.39 Å². The summed E-state index contributed by atoms with van der Waals surface area (Å²) in [6, 6.07) is 9.06. The highest BCUT2D eigenvalue weighted by Gasteiger charge is 2.30. The number of halogens is 1. The first-order valence-corrected chi connectivity index (χ1v) is 12.3. The van der Waals surface area contributed by atoms with Gasteiger partial charge in [-0.25, -0.2) is 4.39 Å². The summed E-state index contributed by atoms with van der Waals surface area (Å²) in [5.41, 5.74) is 2.18. The number of carbonyl (C=O) groups is 1. The summed E-state index contributed by atoms with van der Waals surface area (Å²) in [6.45, 7) is 2.24. The molecule has 0 spiro atoms. The molecule has 7 nitrogen and oxygen atoms in total. The van der Waals surface area contributed by atoms with Crippen molar-refractivity contribution in [2.45, 2.75) is 38.3 Å². The first-order valence-electron chi connectivity index (χ1n) is 12.3. The fourth-order valence-corrected chi connectivity index (χ4v) is 5.00. The van der Waals surface area contributed by atoms with Crippen LogP contribution < -0.4 is 4.74 Å². The third kappa shape index (κ3) is 6.76. The maximum absolute atomic E-state index is 15.5. The number of piperidine rings is 1. The predicted octanol–water partition coefficient (Wildman–Crippen LogP) is 4.68. The number of pyridine rings is 1. The molecule has 188 valence electrons. The standard InChI is InChI=1S/C28H31FN4O3/c1-36-23-6-8-27-25(17-23)24(11-13-30-27)26(29)7-4-21-12-16-33(19-22(21)5-9-28(34)35)15-2-3-20-10-14-31-32-18-20/h6,8,10-11,13-14,17-18,21-22,26H,4-5,7,9,12,15-16,19H2,1H3,(H,34,35)/t21?,22?,26-/m0/s1. The van der Waals surface area contributed by atoms with Gasteiger partial charge in [0.15, 0.2) is 0 Å². The Hall–Kier alpha value is -3.57. The van der Waals surface area contributed by atoms with E-state index in [0.29, 0.717) is 37.1 Å². The number of hydrogen-bond acceptors (Lipinski definition) is 6. The summed E-state index contributed by atoms with van der Waals surface area (Å²) in [5.74, 6) is 6.63. The third-order valence-corrected chi connectivity index (χ3v) is 6.93. The lowest BCUT2D eigenvalue weighted by Gasteiger charge is -2.38. The Morgan fingerprint density at radius 3 is 2.89 bits per heavy atom. The van der Waals surface area contributed by atoms with E-state index in [1.165, 1.54) is 0 Å². The Morgan fingerprint density at radius 2 is 2.11 bits per heavy atom. The van der Waals surface area contributed by atoms with E-state index in [0.717, 1.165) is 36.0 Å². The number of ether oxygens (including phenoxy) is 1. The molecule has 36 heavy (non-hydrogen) atoms. The first-order chi connectivity index (χ1) is 17.5. The lowest BCUT2D eigenvalue weighted by atomic mass is 9.79. The van der Waals surface area contributed by atoms with E-state index < -0.39 is 12.1 Å². The Bertz CT molecular complexity index is 1230. The molecule has 8 heteroatoms. The van der Waals surface area contributed by atoms with Gasteiger partial charge in [-0.2, -0.15) is 10.2 Å². The molecule has 3 atom stereocenters. The molecule has 1 fully saturated rings. The normalized spacial score (nSPS) is 18.8.